The minimum atomic E-state index is 0.930. The van der Waals surface area contributed by atoms with E-state index >= 15 is 0 Å². The van der Waals surface area contributed by atoms with Crippen molar-refractivity contribution in [3.63, 3.8) is 0 Å². The first-order valence-electron chi connectivity index (χ1n) is 4.07. The molecule has 0 aromatic carbocycles. The van der Waals surface area contributed by atoms with Crippen LogP contribution in [0.3, 0.4) is 0 Å². The van der Waals surface area contributed by atoms with Gasteiger partial charge >= 0.3 is 0 Å². The molecule has 1 aliphatic rings. The highest BCUT2D eigenvalue weighted by molar-refractivity contribution is 9.09. The SMILES string of the molecule is CC1CCC/C(=C/CBr)C1. The zero-order valence-corrected chi connectivity index (χ0v) is 8.15. The van der Waals surface area contributed by atoms with Crippen LogP contribution in [-0.2, 0) is 0 Å². The Balaban J connectivity index is 2.39. The van der Waals surface area contributed by atoms with E-state index in [2.05, 4.69) is 28.9 Å². The standard InChI is InChI=1S/C9H15Br/c1-8-3-2-4-9(7-8)5-6-10/h5,8H,2-4,6-7H2,1H3/b9-5-. The third-order valence-corrected chi connectivity index (χ3v) is 2.50. The highest BCUT2D eigenvalue weighted by Gasteiger charge is 2.11. The van der Waals surface area contributed by atoms with Gasteiger partial charge in [0.1, 0.15) is 0 Å². The van der Waals surface area contributed by atoms with Crippen LogP contribution in [0.25, 0.3) is 0 Å². The first-order valence-corrected chi connectivity index (χ1v) is 5.19. The van der Waals surface area contributed by atoms with E-state index in [0.29, 0.717) is 0 Å². The van der Waals surface area contributed by atoms with Crippen molar-refractivity contribution >= 4 is 15.9 Å². The molecule has 0 bridgehead atoms. The Kier molecular flexibility index (Phi) is 3.47. The van der Waals surface area contributed by atoms with Crippen LogP contribution in [0.4, 0.5) is 0 Å². The summed E-state index contributed by atoms with van der Waals surface area (Å²) in [5.41, 5.74) is 1.66. The Bertz CT molecular complexity index is 127. The fourth-order valence-corrected chi connectivity index (χ4v) is 2.08. The maximum Gasteiger partial charge on any atom is 0.0214 e. The molecule has 0 aromatic heterocycles. The minimum absolute atomic E-state index is 0.930. The first kappa shape index (κ1) is 8.32. The molecule has 0 heterocycles. The van der Waals surface area contributed by atoms with Crippen LogP contribution in [0.5, 0.6) is 0 Å². The highest BCUT2D eigenvalue weighted by Crippen LogP contribution is 2.27. The van der Waals surface area contributed by atoms with Crippen molar-refractivity contribution in [2.24, 2.45) is 5.92 Å². The normalized spacial score (nSPS) is 31.0. The Morgan fingerprint density at radius 3 is 3.10 bits per heavy atom. The number of allylic oxidation sites excluding steroid dienone is 2. The van der Waals surface area contributed by atoms with E-state index < -0.39 is 0 Å². The van der Waals surface area contributed by atoms with Crippen molar-refractivity contribution in [3.8, 4) is 0 Å². The van der Waals surface area contributed by atoms with Crippen LogP contribution in [0.2, 0.25) is 0 Å². The number of hydrogen-bond acceptors (Lipinski definition) is 0. The fraction of sp³-hybridized carbons (Fsp3) is 0.778. The van der Waals surface area contributed by atoms with Crippen LogP contribution in [0.1, 0.15) is 32.6 Å². The van der Waals surface area contributed by atoms with Crippen LogP contribution in [0.15, 0.2) is 11.6 Å². The maximum atomic E-state index is 3.43. The van der Waals surface area contributed by atoms with Crippen LogP contribution < -0.4 is 0 Å². The third-order valence-electron chi connectivity index (χ3n) is 2.17. The molecule has 1 aliphatic carbocycles. The Morgan fingerprint density at radius 1 is 1.70 bits per heavy atom. The molecule has 0 aromatic rings. The van der Waals surface area contributed by atoms with E-state index in [-0.39, 0.29) is 0 Å². The molecule has 0 radical (unpaired) electrons. The third kappa shape index (κ3) is 2.45. The molecule has 0 spiro atoms. The van der Waals surface area contributed by atoms with Crippen molar-refractivity contribution in [2.75, 3.05) is 5.33 Å². The van der Waals surface area contributed by atoms with Gasteiger partial charge in [0, 0.05) is 5.33 Å². The maximum absolute atomic E-state index is 3.43. The molecule has 1 unspecified atom stereocenters. The summed E-state index contributed by atoms with van der Waals surface area (Å²) < 4.78 is 0. The second-order valence-corrected chi connectivity index (χ2v) is 3.87. The molecule has 1 rings (SSSR count). The molecule has 0 N–H and O–H groups in total. The number of alkyl halides is 1. The van der Waals surface area contributed by atoms with Crippen LogP contribution in [0, 0.1) is 5.92 Å². The van der Waals surface area contributed by atoms with Crippen molar-refractivity contribution in [1.82, 2.24) is 0 Å². The van der Waals surface area contributed by atoms with Crippen molar-refractivity contribution in [2.45, 2.75) is 32.6 Å². The van der Waals surface area contributed by atoms with Gasteiger partial charge in [-0.3, -0.25) is 0 Å². The Hall–Kier alpha value is 0.220. The summed E-state index contributed by atoms with van der Waals surface area (Å²) in [7, 11) is 0. The van der Waals surface area contributed by atoms with E-state index in [4.69, 9.17) is 0 Å². The second kappa shape index (κ2) is 4.17. The molecular formula is C9H15Br. The quantitative estimate of drug-likeness (QED) is 0.451. The van der Waals surface area contributed by atoms with Crippen molar-refractivity contribution < 1.29 is 0 Å². The predicted octanol–water partition coefficient (Wildman–Crippen LogP) is 3.52. The zero-order valence-electron chi connectivity index (χ0n) is 6.57. The second-order valence-electron chi connectivity index (χ2n) is 3.22. The average molecular weight is 203 g/mol. The Morgan fingerprint density at radius 2 is 2.50 bits per heavy atom. The van der Waals surface area contributed by atoms with Gasteiger partial charge in [0.2, 0.25) is 0 Å². The summed E-state index contributed by atoms with van der Waals surface area (Å²) in [5, 5.41) is 1.04. The molecule has 0 saturated heterocycles. The van der Waals surface area contributed by atoms with Gasteiger partial charge in [-0.25, -0.2) is 0 Å². The van der Waals surface area contributed by atoms with Gasteiger partial charge in [-0.1, -0.05) is 40.9 Å². The van der Waals surface area contributed by atoms with Gasteiger partial charge in [0.05, 0.1) is 0 Å². The first-order chi connectivity index (χ1) is 4.83. The topological polar surface area (TPSA) is 0 Å². The molecule has 0 aliphatic heterocycles. The predicted molar refractivity (Wildman–Crippen MR) is 49.5 cm³/mol. The lowest BCUT2D eigenvalue weighted by atomic mass is 9.87. The van der Waals surface area contributed by atoms with E-state index in [1.54, 1.807) is 5.57 Å². The number of rotatable bonds is 1. The lowest BCUT2D eigenvalue weighted by Crippen LogP contribution is -2.04. The molecule has 1 fully saturated rings. The van der Waals surface area contributed by atoms with Gasteiger partial charge in [-0.05, 0) is 25.2 Å². The molecule has 10 heavy (non-hydrogen) atoms. The number of hydrogen-bond donors (Lipinski definition) is 0. The molecule has 1 heteroatoms. The summed E-state index contributed by atoms with van der Waals surface area (Å²) in [6, 6.07) is 0. The highest BCUT2D eigenvalue weighted by atomic mass is 79.9. The largest absolute Gasteiger partial charge is 0.0883 e. The molecular weight excluding hydrogens is 188 g/mol. The van der Waals surface area contributed by atoms with Crippen LogP contribution in [-0.4, -0.2) is 5.33 Å². The van der Waals surface area contributed by atoms with E-state index in [0.717, 1.165) is 11.2 Å². The van der Waals surface area contributed by atoms with Crippen molar-refractivity contribution in [3.05, 3.63) is 11.6 Å². The molecule has 1 saturated carbocycles. The summed E-state index contributed by atoms with van der Waals surface area (Å²) in [5.74, 6) is 0.930. The van der Waals surface area contributed by atoms with E-state index in [1.807, 2.05) is 0 Å². The summed E-state index contributed by atoms with van der Waals surface area (Å²) in [6.45, 7) is 2.35. The summed E-state index contributed by atoms with van der Waals surface area (Å²) >= 11 is 3.43. The van der Waals surface area contributed by atoms with Gasteiger partial charge < -0.3 is 0 Å². The fourth-order valence-electron chi connectivity index (χ4n) is 1.62. The van der Waals surface area contributed by atoms with Gasteiger partial charge in [0.15, 0.2) is 0 Å². The Labute approximate surface area is 71.8 Å². The van der Waals surface area contributed by atoms with E-state index in [1.165, 1.54) is 25.7 Å². The monoisotopic (exact) mass is 202 g/mol. The molecule has 58 valence electrons. The lowest BCUT2D eigenvalue weighted by Gasteiger charge is -2.19. The van der Waals surface area contributed by atoms with Gasteiger partial charge in [0.25, 0.3) is 0 Å². The average Bonchev–Trinajstić information content (AvgIpc) is 1.88. The van der Waals surface area contributed by atoms with Gasteiger partial charge in [-0.15, -0.1) is 0 Å². The summed E-state index contributed by atoms with van der Waals surface area (Å²) in [6.07, 6.45) is 7.84. The van der Waals surface area contributed by atoms with Gasteiger partial charge in [-0.2, -0.15) is 0 Å². The van der Waals surface area contributed by atoms with Crippen molar-refractivity contribution in [1.29, 1.82) is 0 Å². The summed E-state index contributed by atoms with van der Waals surface area (Å²) in [4.78, 5) is 0. The molecule has 1 atom stereocenters. The molecule has 0 amide bonds. The molecule has 0 nitrogen and oxygen atoms in total. The lowest BCUT2D eigenvalue weighted by molar-refractivity contribution is 0.452. The number of halogens is 1. The van der Waals surface area contributed by atoms with E-state index in [9.17, 15) is 0 Å². The zero-order chi connectivity index (χ0) is 7.40. The van der Waals surface area contributed by atoms with Crippen LogP contribution >= 0.6 is 15.9 Å². The minimum Gasteiger partial charge on any atom is -0.0883 e. The smallest absolute Gasteiger partial charge is 0.0214 e.